The van der Waals surface area contributed by atoms with E-state index in [2.05, 4.69) is 53.2 Å². The van der Waals surface area contributed by atoms with Crippen molar-refractivity contribution < 1.29 is 0 Å². The molecule has 0 amide bonds. The van der Waals surface area contributed by atoms with Gasteiger partial charge in [-0.25, -0.2) is 4.98 Å². The largest absolute Gasteiger partial charge is 0.355 e. The molecule has 0 radical (unpaired) electrons. The van der Waals surface area contributed by atoms with Crippen LogP contribution < -0.4 is 10.6 Å². The Bertz CT molecular complexity index is 525. The minimum absolute atomic E-state index is 0.531. The van der Waals surface area contributed by atoms with E-state index in [1.807, 2.05) is 7.05 Å². The summed E-state index contributed by atoms with van der Waals surface area (Å²) in [7, 11) is 1.83. The summed E-state index contributed by atoms with van der Waals surface area (Å²) in [4.78, 5) is 12.7. The number of aryl methyl sites for hydroxylation is 2. The molecule has 0 aromatic carbocycles. The van der Waals surface area contributed by atoms with Gasteiger partial charge in [0.15, 0.2) is 5.96 Å². The molecule has 1 aliphatic rings. The Morgan fingerprint density at radius 1 is 1.43 bits per heavy atom. The predicted molar refractivity (Wildman–Crippen MR) is 99.2 cm³/mol. The molecule has 1 aromatic rings. The van der Waals surface area contributed by atoms with Gasteiger partial charge >= 0.3 is 0 Å². The Labute approximate surface area is 144 Å². The molecule has 1 aromatic heterocycles. The van der Waals surface area contributed by atoms with Gasteiger partial charge in [-0.3, -0.25) is 9.89 Å². The number of hydrogen-bond acceptors (Lipinski definition) is 4. The molecule has 2 atom stereocenters. The molecule has 6 heteroatoms. The first-order chi connectivity index (χ1) is 11.0. The molecule has 2 N–H and O–H groups in total. The van der Waals surface area contributed by atoms with Crippen molar-refractivity contribution >= 4 is 17.3 Å². The van der Waals surface area contributed by atoms with Crippen molar-refractivity contribution in [1.82, 2.24) is 20.5 Å². The number of thiazole rings is 1. The molecule has 0 aliphatic carbocycles. The third-order valence-corrected chi connectivity index (χ3v) is 5.59. The minimum Gasteiger partial charge on any atom is -0.355 e. The molecular formula is C17H31N5S. The van der Waals surface area contributed by atoms with Crippen LogP contribution in [0, 0.1) is 19.8 Å². The number of nitrogens with one attached hydrogen (secondary N) is 2. The zero-order chi connectivity index (χ0) is 16.8. The first-order valence-corrected chi connectivity index (χ1v) is 9.42. The van der Waals surface area contributed by atoms with Crippen LogP contribution in [0.1, 0.15) is 42.3 Å². The highest BCUT2D eigenvalue weighted by atomic mass is 32.1. The van der Waals surface area contributed by atoms with Crippen molar-refractivity contribution in [3.05, 3.63) is 15.6 Å². The van der Waals surface area contributed by atoms with E-state index < -0.39 is 0 Å². The summed E-state index contributed by atoms with van der Waals surface area (Å²) >= 11 is 1.75. The standard InChI is InChI=1S/C17H31N5S/c1-12-7-6-8-22(11-12)13(2)9-19-17(18-5)20-10-16-14(3)21-15(4)23-16/h12-13H,6-11H2,1-5H3,(H2,18,19,20). The third-order valence-electron chi connectivity index (χ3n) is 4.52. The minimum atomic E-state index is 0.531. The number of hydrogen-bond donors (Lipinski definition) is 2. The van der Waals surface area contributed by atoms with Gasteiger partial charge in [-0.05, 0) is 46.1 Å². The van der Waals surface area contributed by atoms with Crippen LogP contribution in [0.15, 0.2) is 4.99 Å². The van der Waals surface area contributed by atoms with Gasteiger partial charge in [0.05, 0.1) is 17.2 Å². The van der Waals surface area contributed by atoms with Gasteiger partial charge in [-0.1, -0.05) is 6.92 Å². The number of nitrogens with zero attached hydrogens (tertiary/aromatic N) is 3. The zero-order valence-electron chi connectivity index (χ0n) is 15.1. The number of piperidine rings is 1. The van der Waals surface area contributed by atoms with Gasteiger partial charge in [0.2, 0.25) is 0 Å². The maximum absolute atomic E-state index is 4.47. The number of aromatic nitrogens is 1. The topological polar surface area (TPSA) is 52.6 Å². The summed E-state index contributed by atoms with van der Waals surface area (Å²) < 4.78 is 0. The van der Waals surface area contributed by atoms with E-state index in [0.717, 1.165) is 35.7 Å². The molecule has 5 nitrogen and oxygen atoms in total. The summed E-state index contributed by atoms with van der Waals surface area (Å²) in [6.45, 7) is 12.9. The van der Waals surface area contributed by atoms with E-state index in [4.69, 9.17) is 0 Å². The SMILES string of the molecule is CN=C(NCc1sc(C)nc1C)NCC(C)N1CCCC(C)C1. The average Bonchev–Trinajstić information content (AvgIpc) is 2.85. The quantitative estimate of drug-likeness (QED) is 0.640. The molecule has 0 spiro atoms. The monoisotopic (exact) mass is 337 g/mol. The Morgan fingerprint density at radius 3 is 2.83 bits per heavy atom. The zero-order valence-corrected chi connectivity index (χ0v) is 16.0. The van der Waals surface area contributed by atoms with Crippen LogP contribution in [-0.4, -0.2) is 48.6 Å². The van der Waals surface area contributed by atoms with Crippen molar-refractivity contribution in [2.45, 2.75) is 53.1 Å². The maximum atomic E-state index is 4.47. The smallest absolute Gasteiger partial charge is 0.191 e. The van der Waals surface area contributed by atoms with E-state index in [-0.39, 0.29) is 0 Å². The fraction of sp³-hybridized carbons (Fsp3) is 0.765. The van der Waals surface area contributed by atoms with E-state index in [0.29, 0.717) is 6.04 Å². The Balaban J connectivity index is 1.77. The fourth-order valence-electron chi connectivity index (χ4n) is 3.12. The Kier molecular flexibility index (Phi) is 6.84. The molecule has 130 valence electrons. The van der Waals surface area contributed by atoms with Crippen LogP contribution in [0.4, 0.5) is 0 Å². The van der Waals surface area contributed by atoms with Gasteiger partial charge in [0.25, 0.3) is 0 Å². The van der Waals surface area contributed by atoms with E-state index in [9.17, 15) is 0 Å². The first-order valence-electron chi connectivity index (χ1n) is 8.61. The number of rotatable bonds is 5. The normalized spacial score (nSPS) is 21.3. The average molecular weight is 338 g/mol. The van der Waals surface area contributed by atoms with Crippen molar-refractivity contribution in [2.75, 3.05) is 26.7 Å². The molecular weight excluding hydrogens is 306 g/mol. The third kappa shape index (κ3) is 5.46. The molecule has 2 unspecified atom stereocenters. The summed E-state index contributed by atoms with van der Waals surface area (Å²) in [5.74, 6) is 1.69. The van der Waals surface area contributed by atoms with Crippen LogP contribution >= 0.6 is 11.3 Å². The van der Waals surface area contributed by atoms with Gasteiger partial charge in [-0.2, -0.15) is 0 Å². The van der Waals surface area contributed by atoms with E-state index in [1.165, 1.54) is 30.8 Å². The van der Waals surface area contributed by atoms with Crippen LogP contribution in [0.3, 0.4) is 0 Å². The lowest BCUT2D eigenvalue weighted by Crippen LogP contribution is -2.48. The molecule has 1 fully saturated rings. The Morgan fingerprint density at radius 2 is 2.22 bits per heavy atom. The highest BCUT2D eigenvalue weighted by Gasteiger charge is 2.20. The van der Waals surface area contributed by atoms with Crippen molar-refractivity contribution in [2.24, 2.45) is 10.9 Å². The Hall–Kier alpha value is -1.14. The molecule has 2 heterocycles. The molecule has 0 saturated carbocycles. The molecule has 2 rings (SSSR count). The number of aliphatic imine (C=N–C) groups is 1. The van der Waals surface area contributed by atoms with Gasteiger partial charge in [-0.15, -0.1) is 11.3 Å². The lowest BCUT2D eigenvalue weighted by Gasteiger charge is -2.35. The van der Waals surface area contributed by atoms with Crippen LogP contribution in [0.5, 0.6) is 0 Å². The molecule has 0 bridgehead atoms. The first kappa shape index (κ1) is 18.2. The maximum Gasteiger partial charge on any atom is 0.191 e. The fourth-order valence-corrected chi connectivity index (χ4v) is 4.00. The van der Waals surface area contributed by atoms with Crippen LogP contribution in [-0.2, 0) is 6.54 Å². The van der Waals surface area contributed by atoms with Gasteiger partial charge in [0.1, 0.15) is 0 Å². The summed E-state index contributed by atoms with van der Waals surface area (Å²) in [5, 5.41) is 7.98. The molecule has 1 aliphatic heterocycles. The molecule has 1 saturated heterocycles. The van der Waals surface area contributed by atoms with Crippen molar-refractivity contribution in [1.29, 1.82) is 0 Å². The highest BCUT2D eigenvalue weighted by molar-refractivity contribution is 7.11. The summed E-state index contributed by atoms with van der Waals surface area (Å²) in [6, 6.07) is 0.531. The predicted octanol–water partition coefficient (Wildman–Crippen LogP) is 2.55. The highest BCUT2D eigenvalue weighted by Crippen LogP contribution is 2.18. The summed E-state index contributed by atoms with van der Waals surface area (Å²) in [6.07, 6.45) is 2.69. The lowest BCUT2D eigenvalue weighted by molar-refractivity contribution is 0.139. The lowest BCUT2D eigenvalue weighted by atomic mass is 9.99. The van der Waals surface area contributed by atoms with E-state index >= 15 is 0 Å². The van der Waals surface area contributed by atoms with Crippen LogP contribution in [0.2, 0.25) is 0 Å². The van der Waals surface area contributed by atoms with Gasteiger partial charge in [0, 0.05) is 31.1 Å². The summed E-state index contributed by atoms with van der Waals surface area (Å²) in [5.41, 5.74) is 1.12. The van der Waals surface area contributed by atoms with Crippen molar-refractivity contribution in [3.63, 3.8) is 0 Å². The number of likely N-dealkylation sites (tertiary alicyclic amines) is 1. The van der Waals surface area contributed by atoms with Crippen molar-refractivity contribution in [3.8, 4) is 0 Å². The second kappa shape index (κ2) is 8.64. The van der Waals surface area contributed by atoms with Crippen LogP contribution in [0.25, 0.3) is 0 Å². The number of guanidine groups is 1. The molecule has 23 heavy (non-hydrogen) atoms. The second-order valence-electron chi connectivity index (χ2n) is 6.64. The van der Waals surface area contributed by atoms with E-state index in [1.54, 1.807) is 11.3 Å². The van der Waals surface area contributed by atoms with Gasteiger partial charge < -0.3 is 10.6 Å². The second-order valence-corrected chi connectivity index (χ2v) is 7.93.